The highest BCUT2D eigenvalue weighted by molar-refractivity contribution is 6.31. The van der Waals surface area contributed by atoms with Crippen LogP contribution in [0.5, 0.6) is 0 Å². The lowest BCUT2D eigenvalue weighted by Crippen LogP contribution is -2.25. The summed E-state index contributed by atoms with van der Waals surface area (Å²) in [6.07, 6.45) is 0. The number of halogens is 1. The first-order valence-corrected chi connectivity index (χ1v) is 5.10. The van der Waals surface area contributed by atoms with Crippen LogP contribution in [0.1, 0.15) is 10.5 Å². The Labute approximate surface area is 97.7 Å². The minimum absolute atomic E-state index is 0.227. The summed E-state index contributed by atoms with van der Waals surface area (Å²) in [5, 5.41) is 2.73. The van der Waals surface area contributed by atoms with E-state index < -0.39 is 0 Å². The summed E-state index contributed by atoms with van der Waals surface area (Å²) in [4.78, 5) is 19.6. The summed E-state index contributed by atoms with van der Waals surface area (Å²) >= 11 is 5.86. The van der Waals surface area contributed by atoms with E-state index in [0.29, 0.717) is 10.7 Å². The van der Waals surface area contributed by atoms with Gasteiger partial charge in [-0.3, -0.25) is 9.63 Å². The Bertz CT molecular complexity index is 536. The van der Waals surface area contributed by atoms with Gasteiger partial charge >= 0.3 is 0 Å². The second kappa shape index (κ2) is 4.15. The molecule has 0 unspecified atom stereocenters. The molecular weight excluding hydrogens is 228 g/mol. The van der Waals surface area contributed by atoms with Gasteiger partial charge in [-0.15, -0.1) is 0 Å². The zero-order valence-corrected chi connectivity index (χ0v) is 9.71. The molecule has 0 atom stereocenters. The molecule has 84 valence electrons. The minimum Gasteiger partial charge on any atom is -0.350 e. The molecule has 1 amide bonds. The molecule has 16 heavy (non-hydrogen) atoms. The van der Waals surface area contributed by atoms with Gasteiger partial charge in [0.2, 0.25) is 0 Å². The van der Waals surface area contributed by atoms with E-state index in [1.54, 1.807) is 25.2 Å². The van der Waals surface area contributed by atoms with Gasteiger partial charge in [0.25, 0.3) is 5.91 Å². The standard InChI is InChI=1S/C11H11ClN2O2/c1-14(16-2)11(15)10-5-7-3-4-8(12)6-9(7)13-10/h3-6,13H,1-2H3. The lowest BCUT2D eigenvalue weighted by atomic mass is 10.2. The van der Waals surface area contributed by atoms with E-state index in [-0.39, 0.29) is 5.91 Å². The van der Waals surface area contributed by atoms with Gasteiger partial charge in [-0.25, -0.2) is 5.06 Å². The Hall–Kier alpha value is -1.52. The molecule has 0 bridgehead atoms. The van der Waals surface area contributed by atoms with E-state index in [4.69, 9.17) is 16.4 Å². The van der Waals surface area contributed by atoms with Crippen LogP contribution in [-0.2, 0) is 4.84 Å². The summed E-state index contributed by atoms with van der Waals surface area (Å²) in [5.41, 5.74) is 1.31. The van der Waals surface area contributed by atoms with Crippen molar-refractivity contribution in [1.29, 1.82) is 0 Å². The Balaban J connectivity index is 2.43. The van der Waals surface area contributed by atoms with Crippen molar-refractivity contribution in [3.8, 4) is 0 Å². The highest BCUT2D eigenvalue weighted by Gasteiger charge is 2.13. The van der Waals surface area contributed by atoms with Crippen LogP contribution in [0.3, 0.4) is 0 Å². The third-order valence-corrected chi connectivity index (χ3v) is 2.61. The first kappa shape index (κ1) is 11.0. The minimum atomic E-state index is -0.227. The van der Waals surface area contributed by atoms with Crippen molar-refractivity contribution >= 4 is 28.4 Å². The number of carbonyl (C=O) groups is 1. The zero-order chi connectivity index (χ0) is 11.7. The molecule has 0 aliphatic carbocycles. The molecule has 0 radical (unpaired) electrons. The molecule has 4 nitrogen and oxygen atoms in total. The first-order chi connectivity index (χ1) is 7.61. The van der Waals surface area contributed by atoms with Crippen LogP contribution in [0, 0.1) is 0 Å². The third-order valence-electron chi connectivity index (χ3n) is 2.37. The van der Waals surface area contributed by atoms with Crippen LogP contribution in [-0.4, -0.2) is 30.1 Å². The van der Waals surface area contributed by atoms with Gasteiger partial charge in [0.1, 0.15) is 5.69 Å². The van der Waals surface area contributed by atoms with Crippen molar-refractivity contribution < 1.29 is 9.63 Å². The Kier molecular flexibility index (Phi) is 2.85. The van der Waals surface area contributed by atoms with Crippen molar-refractivity contribution in [1.82, 2.24) is 10.0 Å². The van der Waals surface area contributed by atoms with Gasteiger partial charge in [-0.2, -0.15) is 0 Å². The van der Waals surface area contributed by atoms with Crippen LogP contribution >= 0.6 is 11.6 Å². The second-order valence-corrected chi connectivity index (χ2v) is 3.84. The Morgan fingerprint density at radius 2 is 2.19 bits per heavy atom. The predicted octanol–water partition coefficient (Wildman–Crippen LogP) is 2.45. The van der Waals surface area contributed by atoms with Crippen molar-refractivity contribution in [3.63, 3.8) is 0 Å². The number of benzene rings is 1. The third kappa shape index (κ3) is 1.89. The number of carbonyl (C=O) groups excluding carboxylic acids is 1. The molecular formula is C11H11ClN2O2. The number of hydroxylamine groups is 2. The number of H-pyrrole nitrogens is 1. The van der Waals surface area contributed by atoms with Gasteiger partial charge in [0.05, 0.1) is 7.11 Å². The Morgan fingerprint density at radius 1 is 1.44 bits per heavy atom. The fourth-order valence-corrected chi connectivity index (χ4v) is 1.64. The molecule has 2 aromatic rings. The highest BCUT2D eigenvalue weighted by Crippen LogP contribution is 2.20. The van der Waals surface area contributed by atoms with Crippen LogP contribution in [0.25, 0.3) is 10.9 Å². The highest BCUT2D eigenvalue weighted by atomic mass is 35.5. The van der Waals surface area contributed by atoms with E-state index in [9.17, 15) is 4.79 Å². The number of amides is 1. The van der Waals surface area contributed by atoms with Gasteiger partial charge < -0.3 is 4.98 Å². The number of nitrogens with one attached hydrogen (secondary N) is 1. The molecule has 0 saturated heterocycles. The molecule has 1 heterocycles. The smallest absolute Gasteiger partial charge is 0.293 e. The van der Waals surface area contributed by atoms with Crippen LogP contribution in [0.4, 0.5) is 0 Å². The summed E-state index contributed by atoms with van der Waals surface area (Å²) < 4.78 is 0. The number of aromatic nitrogens is 1. The summed E-state index contributed by atoms with van der Waals surface area (Å²) in [6.45, 7) is 0. The molecule has 0 aliphatic heterocycles. The fraction of sp³-hybridized carbons (Fsp3) is 0.182. The van der Waals surface area contributed by atoms with Gasteiger partial charge in [-0.1, -0.05) is 17.7 Å². The number of aromatic amines is 1. The lowest BCUT2D eigenvalue weighted by molar-refractivity contribution is -0.0759. The van der Waals surface area contributed by atoms with E-state index in [0.717, 1.165) is 16.0 Å². The largest absolute Gasteiger partial charge is 0.350 e. The topological polar surface area (TPSA) is 45.3 Å². The fourth-order valence-electron chi connectivity index (χ4n) is 1.47. The van der Waals surface area contributed by atoms with E-state index >= 15 is 0 Å². The number of nitrogens with zero attached hydrogens (tertiary/aromatic N) is 1. The number of rotatable bonds is 2. The number of hydrogen-bond acceptors (Lipinski definition) is 2. The maximum atomic E-state index is 11.8. The van der Waals surface area contributed by atoms with E-state index in [2.05, 4.69) is 4.98 Å². The second-order valence-electron chi connectivity index (χ2n) is 3.40. The van der Waals surface area contributed by atoms with Crippen molar-refractivity contribution in [2.45, 2.75) is 0 Å². The molecule has 1 N–H and O–H groups in total. The van der Waals surface area contributed by atoms with Gasteiger partial charge in [0.15, 0.2) is 0 Å². The quantitative estimate of drug-likeness (QED) is 0.817. The van der Waals surface area contributed by atoms with Crippen LogP contribution < -0.4 is 0 Å². The normalized spacial score (nSPS) is 10.7. The molecule has 0 saturated carbocycles. The van der Waals surface area contributed by atoms with Crippen molar-refractivity contribution in [3.05, 3.63) is 35.0 Å². The number of fused-ring (bicyclic) bond motifs is 1. The molecule has 0 aliphatic rings. The van der Waals surface area contributed by atoms with Crippen molar-refractivity contribution in [2.24, 2.45) is 0 Å². The number of hydrogen-bond donors (Lipinski definition) is 1. The van der Waals surface area contributed by atoms with E-state index in [1.165, 1.54) is 7.11 Å². The molecule has 0 fully saturated rings. The maximum Gasteiger partial charge on any atom is 0.293 e. The van der Waals surface area contributed by atoms with Gasteiger partial charge in [-0.05, 0) is 18.2 Å². The zero-order valence-electron chi connectivity index (χ0n) is 8.95. The average Bonchev–Trinajstić information content (AvgIpc) is 2.69. The van der Waals surface area contributed by atoms with Crippen LogP contribution in [0.15, 0.2) is 24.3 Å². The lowest BCUT2D eigenvalue weighted by Gasteiger charge is -2.11. The van der Waals surface area contributed by atoms with Gasteiger partial charge in [0, 0.05) is 23.0 Å². The van der Waals surface area contributed by atoms with Crippen LogP contribution in [0.2, 0.25) is 5.02 Å². The SMILES string of the molecule is CON(C)C(=O)c1cc2ccc(Cl)cc2[nH]1. The monoisotopic (exact) mass is 238 g/mol. The molecule has 1 aromatic heterocycles. The first-order valence-electron chi connectivity index (χ1n) is 4.72. The maximum absolute atomic E-state index is 11.8. The summed E-state index contributed by atoms with van der Waals surface area (Å²) in [7, 11) is 3.00. The summed E-state index contributed by atoms with van der Waals surface area (Å²) in [5.74, 6) is -0.227. The predicted molar refractivity (Wildman–Crippen MR) is 62.4 cm³/mol. The molecule has 5 heteroatoms. The molecule has 1 aromatic carbocycles. The average molecular weight is 239 g/mol. The Morgan fingerprint density at radius 3 is 2.88 bits per heavy atom. The van der Waals surface area contributed by atoms with Crippen molar-refractivity contribution in [2.75, 3.05) is 14.2 Å². The summed E-state index contributed by atoms with van der Waals surface area (Å²) in [6, 6.07) is 7.19. The van der Waals surface area contributed by atoms with E-state index in [1.807, 2.05) is 6.07 Å². The molecule has 0 spiro atoms. The molecule has 2 rings (SSSR count).